The third kappa shape index (κ3) is 8.99. The van der Waals surface area contributed by atoms with Crippen LogP contribution in [0, 0.1) is 6.67 Å². The zero-order valence-corrected chi connectivity index (χ0v) is 27.1. The second kappa shape index (κ2) is 16.5. The summed E-state index contributed by atoms with van der Waals surface area (Å²) in [6, 6.07) is 19.3. The van der Waals surface area contributed by atoms with Gasteiger partial charge in [-0.1, -0.05) is 97.9 Å². The van der Waals surface area contributed by atoms with E-state index in [1.165, 1.54) is 33.6 Å². The molecule has 0 bridgehead atoms. The van der Waals surface area contributed by atoms with Gasteiger partial charge in [0, 0.05) is 36.9 Å². The van der Waals surface area contributed by atoms with Gasteiger partial charge in [0.2, 0.25) is 6.67 Å². The fourth-order valence-electron chi connectivity index (χ4n) is 4.73. The van der Waals surface area contributed by atoms with E-state index in [0.29, 0.717) is 23.7 Å². The van der Waals surface area contributed by atoms with Gasteiger partial charge in [0.15, 0.2) is 0 Å². The second-order valence-electron chi connectivity index (χ2n) is 10.7. The molecule has 4 rings (SSSR count). The van der Waals surface area contributed by atoms with Crippen LogP contribution in [0.1, 0.15) is 101 Å². The van der Waals surface area contributed by atoms with E-state index in [1.807, 2.05) is 18.2 Å². The van der Waals surface area contributed by atoms with E-state index in [0.717, 1.165) is 13.1 Å². The Hall–Kier alpha value is -1.57. The Labute approximate surface area is 248 Å². The van der Waals surface area contributed by atoms with Crippen molar-refractivity contribution in [1.82, 2.24) is 4.98 Å². The van der Waals surface area contributed by atoms with Crippen LogP contribution in [-0.4, -0.2) is 18.1 Å². The summed E-state index contributed by atoms with van der Waals surface area (Å²) in [7, 11) is 9.63. The van der Waals surface area contributed by atoms with Gasteiger partial charge < -0.3 is 9.80 Å². The number of aromatic nitrogens is 1. The molecule has 1 fully saturated rings. The summed E-state index contributed by atoms with van der Waals surface area (Å²) in [5.41, 5.74) is 8.43. The van der Waals surface area contributed by atoms with Crippen LogP contribution in [0.4, 0.5) is 11.4 Å². The number of anilines is 2. The SMILES string of the molecule is CC(C)c1cccc(C(C)C)c1N1[C]N(c2c(C(C)C)cccc2C(C)C)CC1.[Cl][Pd][Cl].c1ccncc1. The molecule has 1 aliphatic rings. The smallest absolute Gasteiger partial charge is 0.0267 e. The average molecular weight is 647 g/mol. The molecule has 1 saturated heterocycles. The summed E-state index contributed by atoms with van der Waals surface area (Å²) >= 11 is -0.106. The molecule has 3 nitrogen and oxygen atoms in total. The molecule has 0 N–H and O–H groups in total. The van der Waals surface area contributed by atoms with Crippen molar-refractivity contribution in [2.75, 3.05) is 22.9 Å². The molecule has 2 heterocycles. The standard InChI is InChI=1S/C27H38N2.C5H5N.2ClH.Pd/c1-18(2)22-11-9-12-23(19(3)4)26(22)28-15-16-29(17-28)27-24(20(5)6)13-10-14-25(27)21(7)8;1-2-4-6-5-3-1;;;/h9-14,18-21H,15-16H2,1-8H3;1-5H;2*1H;/q;;;;+2/p-2. The van der Waals surface area contributed by atoms with E-state index in [-0.39, 0.29) is 15.9 Å². The predicted octanol–water partition coefficient (Wildman–Crippen LogP) is 9.96. The van der Waals surface area contributed by atoms with Gasteiger partial charge in [-0.2, -0.15) is 0 Å². The van der Waals surface area contributed by atoms with Crippen molar-refractivity contribution in [1.29, 1.82) is 0 Å². The van der Waals surface area contributed by atoms with Gasteiger partial charge in [-0.05, 0) is 58.1 Å². The van der Waals surface area contributed by atoms with Gasteiger partial charge >= 0.3 is 35.0 Å². The maximum absolute atomic E-state index is 4.81. The van der Waals surface area contributed by atoms with Crippen LogP contribution >= 0.6 is 19.1 Å². The minimum absolute atomic E-state index is 0.106. The molecule has 6 heteroatoms. The van der Waals surface area contributed by atoms with Crippen LogP contribution in [0.2, 0.25) is 0 Å². The number of hydrogen-bond donors (Lipinski definition) is 0. The van der Waals surface area contributed by atoms with Gasteiger partial charge in [-0.3, -0.25) is 4.98 Å². The van der Waals surface area contributed by atoms with Crippen LogP contribution in [-0.2, 0) is 15.9 Å². The van der Waals surface area contributed by atoms with Gasteiger partial charge in [-0.15, -0.1) is 0 Å². The fourth-order valence-corrected chi connectivity index (χ4v) is 4.73. The first-order valence-electron chi connectivity index (χ1n) is 13.4. The van der Waals surface area contributed by atoms with Crippen molar-refractivity contribution < 1.29 is 15.9 Å². The van der Waals surface area contributed by atoms with Crippen LogP contribution in [0.25, 0.3) is 0 Å². The number of hydrogen-bond acceptors (Lipinski definition) is 3. The molecule has 0 saturated carbocycles. The molecule has 0 aliphatic carbocycles. The predicted molar refractivity (Wildman–Crippen MR) is 163 cm³/mol. The molecule has 1 aromatic heterocycles. The van der Waals surface area contributed by atoms with E-state index in [9.17, 15) is 0 Å². The summed E-state index contributed by atoms with van der Waals surface area (Å²) < 4.78 is 0. The van der Waals surface area contributed by atoms with Gasteiger partial charge in [0.25, 0.3) is 0 Å². The van der Waals surface area contributed by atoms with Gasteiger partial charge in [0.05, 0.1) is 0 Å². The number of halogens is 2. The molecule has 0 spiro atoms. The number of rotatable bonds is 6. The van der Waals surface area contributed by atoms with Crippen molar-refractivity contribution in [2.45, 2.75) is 79.1 Å². The quantitative estimate of drug-likeness (QED) is 0.249. The van der Waals surface area contributed by atoms with Crippen LogP contribution in [0.5, 0.6) is 0 Å². The largest absolute Gasteiger partial charge is 0.265 e. The van der Waals surface area contributed by atoms with Gasteiger partial charge in [0.1, 0.15) is 0 Å². The van der Waals surface area contributed by atoms with Gasteiger partial charge in [-0.25, -0.2) is 0 Å². The van der Waals surface area contributed by atoms with Crippen LogP contribution in [0.3, 0.4) is 0 Å². The van der Waals surface area contributed by atoms with Crippen molar-refractivity contribution >= 4 is 30.4 Å². The van der Waals surface area contributed by atoms with Crippen LogP contribution < -0.4 is 9.80 Å². The normalized spacial score (nSPS) is 13.2. The molecule has 2 radical (unpaired) electrons. The first kappa shape index (κ1) is 32.6. The van der Waals surface area contributed by atoms with Crippen molar-refractivity contribution in [3.05, 3.63) is 95.9 Å². The average Bonchev–Trinajstić information content (AvgIpc) is 3.39. The summed E-state index contributed by atoms with van der Waals surface area (Å²) in [5, 5.41) is 0. The monoisotopic (exact) mass is 645 g/mol. The zero-order chi connectivity index (χ0) is 28.2. The molecule has 2 aromatic carbocycles. The fraction of sp³-hybridized carbons (Fsp3) is 0.438. The van der Waals surface area contributed by atoms with Crippen molar-refractivity contribution in [2.24, 2.45) is 0 Å². The molecule has 3 aromatic rings. The van der Waals surface area contributed by atoms with Crippen molar-refractivity contribution in [3.8, 4) is 0 Å². The molecule has 1 aliphatic heterocycles. The molecule has 0 atom stereocenters. The Morgan fingerprint density at radius 1 is 0.605 bits per heavy atom. The Bertz CT molecular complexity index is 939. The minimum Gasteiger partial charge on any atom is -0.265 e. The molecular weight excluding hydrogens is 604 g/mol. The second-order valence-corrected chi connectivity index (χ2v) is 13.0. The Kier molecular flexibility index (Phi) is 14.2. The van der Waals surface area contributed by atoms with Crippen molar-refractivity contribution in [3.63, 3.8) is 0 Å². The number of para-hydroxylation sites is 2. The molecule has 210 valence electrons. The summed E-state index contributed by atoms with van der Waals surface area (Å²) in [5.74, 6) is 1.98. The van der Waals surface area contributed by atoms with E-state index in [2.05, 4.69) is 113 Å². The number of benzene rings is 2. The minimum atomic E-state index is -0.106. The molecule has 0 amide bonds. The first-order valence-corrected chi connectivity index (χ1v) is 17.4. The molecule has 38 heavy (non-hydrogen) atoms. The van der Waals surface area contributed by atoms with E-state index in [1.54, 1.807) is 12.4 Å². The Morgan fingerprint density at radius 3 is 1.13 bits per heavy atom. The summed E-state index contributed by atoms with van der Waals surface area (Å²) in [6.45, 7) is 24.1. The molecule has 0 unspecified atom stereocenters. The van der Waals surface area contributed by atoms with E-state index >= 15 is 0 Å². The first-order chi connectivity index (χ1) is 18.1. The van der Waals surface area contributed by atoms with Crippen LogP contribution in [0.15, 0.2) is 67.0 Å². The number of nitrogens with zero attached hydrogens (tertiary/aromatic N) is 3. The maximum atomic E-state index is 4.81. The summed E-state index contributed by atoms with van der Waals surface area (Å²) in [4.78, 5) is 8.55. The summed E-state index contributed by atoms with van der Waals surface area (Å²) in [6.07, 6.45) is 3.50. The Balaban J connectivity index is 0.000000480. The maximum Gasteiger partial charge on any atom is 0.0267 e. The molecular formula is C32H43Cl2N3Pd. The topological polar surface area (TPSA) is 19.4 Å². The number of pyridine rings is 1. The Morgan fingerprint density at radius 2 is 0.921 bits per heavy atom. The third-order valence-electron chi connectivity index (χ3n) is 6.58. The van der Waals surface area contributed by atoms with E-state index < -0.39 is 0 Å². The zero-order valence-electron chi connectivity index (χ0n) is 24.0. The third-order valence-corrected chi connectivity index (χ3v) is 6.58. The van der Waals surface area contributed by atoms with E-state index in [4.69, 9.17) is 19.1 Å².